The number of hydrogen-bond donors (Lipinski definition) is 1. The van der Waals surface area contributed by atoms with Crippen molar-refractivity contribution in [2.24, 2.45) is 0 Å². The highest BCUT2D eigenvalue weighted by Crippen LogP contribution is 2.36. The van der Waals surface area contributed by atoms with E-state index in [1.807, 2.05) is 4.90 Å². The zero-order chi connectivity index (χ0) is 11.1. The third-order valence-corrected chi connectivity index (χ3v) is 3.24. The van der Waals surface area contributed by atoms with E-state index in [-0.39, 0.29) is 17.2 Å². The molecule has 0 aliphatic carbocycles. The Balaban J connectivity index is 2.27. The minimum Gasteiger partial charge on any atom is -0.447 e. The summed E-state index contributed by atoms with van der Waals surface area (Å²) in [5.41, 5.74) is -0.264. The molecular weight excluding hydrogens is 192 g/mol. The maximum absolute atomic E-state index is 11.8. The Morgan fingerprint density at radius 1 is 1.47 bits per heavy atom. The van der Waals surface area contributed by atoms with Gasteiger partial charge in [0.1, 0.15) is 6.61 Å². The molecule has 0 saturated carbocycles. The van der Waals surface area contributed by atoms with Gasteiger partial charge in [-0.3, -0.25) is 4.90 Å². The van der Waals surface area contributed by atoms with Crippen LogP contribution in [0.1, 0.15) is 33.6 Å². The van der Waals surface area contributed by atoms with Gasteiger partial charge in [-0.2, -0.15) is 0 Å². The SMILES string of the molecule is CC(C)(C)N1C(=O)OCC12CCCNC2. The van der Waals surface area contributed by atoms with Crippen LogP contribution in [0.5, 0.6) is 0 Å². The molecule has 0 aromatic carbocycles. The lowest BCUT2D eigenvalue weighted by Crippen LogP contribution is -2.62. The van der Waals surface area contributed by atoms with Gasteiger partial charge in [-0.05, 0) is 40.2 Å². The summed E-state index contributed by atoms with van der Waals surface area (Å²) in [4.78, 5) is 13.7. The zero-order valence-corrected chi connectivity index (χ0v) is 9.80. The van der Waals surface area contributed by atoms with Crippen LogP contribution in [-0.2, 0) is 4.74 Å². The molecule has 0 aromatic rings. The van der Waals surface area contributed by atoms with Gasteiger partial charge in [-0.1, -0.05) is 0 Å². The normalized spacial score (nSPS) is 32.2. The lowest BCUT2D eigenvalue weighted by molar-refractivity contribution is 0.0605. The lowest BCUT2D eigenvalue weighted by Gasteiger charge is -2.45. The van der Waals surface area contributed by atoms with E-state index in [1.165, 1.54) is 0 Å². The third kappa shape index (κ3) is 1.71. The van der Waals surface area contributed by atoms with Gasteiger partial charge >= 0.3 is 6.09 Å². The third-order valence-electron chi connectivity index (χ3n) is 3.24. The quantitative estimate of drug-likeness (QED) is 0.659. The second-order valence-electron chi connectivity index (χ2n) is 5.57. The van der Waals surface area contributed by atoms with Gasteiger partial charge in [0, 0.05) is 12.1 Å². The van der Waals surface area contributed by atoms with E-state index in [0.29, 0.717) is 6.61 Å². The van der Waals surface area contributed by atoms with Crippen LogP contribution in [0.2, 0.25) is 0 Å². The van der Waals surface area contributed by atoms with Crippen molar-refractivity contribution in [3.05, 3.63) is 0 Å². The first kappa shape index (κ1) is 10.7. The van der Waals surface area contributed by atoms with E-state index in [1.54, 1.807) is 0 Å². The highest BCUT2D eigenvalue weighted by atomic mass is 16.6. The number of nitrogens with one attached hydrogen (secondary N) is 1. The first-order valence-electron chi connectivity index (χ1n) is 5.64. The Bertz CT molecular complexity index is 264. The Kier molecular flexibility index (Phi) is 2.41. The van der Waals surface area contributed by atoms with E-state index >= 15 is 0 Å². The van der Waals surface area contributed by atoms with Crippen LogP contribution in [0.15, 0.2) is 0 Å². The van der Waals surface area contributed by atoms with Crippen molar-refractivity contribution in [2.75, 3.05) is 19.7 Å². The molecule has 0 bridgehead atoms. The second kappa shape index (κ2) is 3.37. The highest BCUT2D eigenvalue weighted by Gasteiger charge is 2.52. The molecule has 4 heteroatoms. The number of piperidine rings is 1. The topological polar surface area (TPSA) is 41.6 Å². The summed E-state index contributed by atoms with van der Waals surface area (Å²) in [5, 5.41) is 3.37. The predicted octanol–water partition coefficient (Wildman–Crippen LogP) is 1.36. The molecule has 2 aliphatic rings. The van der Waals surface area contributed by atoms with Crippen LogP contribution < -0.4 is 5.32 Å². The Labute approximate surface area is 91.0 Å². The van der Waals surface area contributed by atoms with Crippen LogP contribution in [0.3, 0.4) is 0 Å². The fourth-order valence-corrected chi connectivity index (χ4v) is 2.77. The molecule has 0 radical (unpaired) electrons. The predicted molar refractivity (Wildman–Crippen MR) is 57.8 cm³/mol. The summed E-state index contributed by atoms with van der Waals surface area (Å²) in [7, 11) is 0. The van der Waals surface area contributed by atoms with Crippen LogP contribution >= 0.6 is 0 Å². The summed E-state index contributed by atoms with van der Waals surface area (Å²) in [5.74, 6) is 0. The maximum Gasteiger partial charge on any atom is 0.410 e. The molecule has 1 N–H and O–H groups in total. The molecule has 1 amide bonds. The Morgan fingerprint density at radius 2 is 2.20 bits per heavy atom. The summed E-state index contributed by atoms with van der Waals surface area (Å²) in [6.07, 6.45) is 2.00. The molecule has 86 valence electrons. The number of rotatable bonds is 0. The largest absolute Gasteiger partial charge is 0.447 e. The molecule has 4 nitrogen and oxygen atoms in total. The molecule has 2 rings (SSSR count). The molecule has 2 fully saturated rings. The number of hydrogen-bond acceptors (Lipinski definition) is 3. The maximum atomic E-state index is 11.8. The number of nitrogens with zero attached hydrogens (tertiary/aromatic N) is 1. The molecular formula is C11H20N2O2. The average molecular weight is 212 g/mol. The number of cyclic esters (lactones) is 1. The second-order valence-corrected chi connectivity index (χ2v) is 5.57. The van der Waals surface area contributed by atoms with Gasteiger partial charge in [0.15, 0.2) is 0 Å². The van der Waals surface area contributed by atoms with Crippen molar-refractivity contribution in [1.29, 1.82) is 0 Å². The monoisotopic (exact) mass is 212 g/mol. The molecule has 1 unspecified atom stereocenters. The minimum absolute atomic E-state index is 0.104. The van der Waals surface area contributed by atoms with Gasteiger partial charge in [0.05, 0.1) is 5.54 Å². The average Bonchev–Trinajstić information content (AvgIpc) is 2.44. The van der Waals surface area contributed by atoms with Crippen molar-refractivity contribution in [2.45, 2.75) is 44.7 Å². The van der Waals surface area contributed by atoms with Crippen molar-refractivity contribution in [3.8, 4) is 0 Å². The number of carbonyl (C=O) groups is 1. The Morgan fingerprint density at radius 3 is 2.73 bits per heavy atom. The highest BCUT2D eigenvalue weighted by molar-refractivity contribution is 5.72. The van der Waals surface area contributed by atoms with Gasteiger partial charge in [-0.15, -0.1) is 0 Å². The number of amides is 1. The van der Waals surface area contributed by atoms with Crippen molar-refractivity contribution >= 4 is 6.09 Å². The molecule has 2 saturated heterocycles. The van der Waals surface area contributed by atoms with E-state index in [9.17, 15) is 4.79 Å². The van der Waals surface area contributed by atoms with Crippen LogP contribution in [0.25, 0.3) is 0 Å². The van der Waals surface area contributed by atoms with Crippen molar-refractivity contribution in [1.82, 2.24) is 10.2 Å². The summed E-state index contributed by atoms with van der Waals surface area (Å²) < 4.78 is 5.23. The van der Waals surface area contributed by atoms with Gasteiger partial charge in [0.2, 0.25) is 0 Å². The van der Waals surface area contributed by atoms with E-state index < -0.39 is 0 Å². The molecule has 15 heavy (non-hydrogen) atoms. The summed E-state index contributed by atoms with van der Waals surface area (Å²) in [6, 6.07) is 0. The molecule has 1 spiro atoms. The fourth-order valence-electron chi connectivity index (χ4n) is 2.77. The standard InChI is InChI=1S/C11H20N2O2/c1-10(2,3)13-9(14)15-8-11(13)5-4-6-12-7-11/h12H,4-8H2,1-3H3. The minimum atomic E-state index is -0.161. The fraction of sp³-hybridized carbons (Fsp3) is 0.909. The van der Waals surface area contributed by atoms with Gasteiger partial charge in [0.25, 0.3) is 0 Å². The Hall–Kier alpha value is -0.770. The first-order valence-corrected chi connectivity index (χ1v) is 5.64. The zero-order valence-electron chi connectivity index (χ0n) is 9.80. The molecule has 0 aromatic heterocycles. The molecule has 1 atom stereocenters. The first-order chi connectivity index (χ1) is 6.96. The van der Waals surface area contributed by atoms with Gasteiger partial charge in [-0.25, -0.2) is 4.79 Å². The van der Waals surface area contributed by atoms with Crippen molar-refractivity contribution in [3.63, 3.8) is 0 Å². The van der Waals surface area contributed by atoms with E-state index in [2.05, 4.69) is 26.1 Å². The summed E-state index contributed by atoms with van der Waals surface area (Å²) in [6.45, 7) is 8.64. The lowest BCUT2D eigenvalue weighted by atomic mass is 9.86. The van der Waals surface area contributed by atoms with Crippen LogP contribution in [0.4, 0.5) is 4.79 Å². The molecule has 2 heterocycles. The number of carbonyl (C=O) groups excluding carboxylic acids is 1. The van der Waals surface area contributed by atoms with Crippen molar-refractivity contribution < 1.29 is 9.53 Å². The smallest absolute Gasteiger partial charge is 0.410 e. The van der Waals surface area contributed by atoms with Gasteiger partial charge < -0.3 is 10.1 Å². The number of ether oxygens (including phenoxy) is 1. The molecule has 2 aliphatic heterocycles. The van der Waals surface area contributed by atoms with E-state index in [4.69, 9.17) is 4.74 Å². The summed E-state index contributed by atoms with van der Waals surface area (Å²) >= 11 is 0. The van der Waals surface area contributed by atoms with Crippen LogP contribution in [0, 0.1) is 0 Å². The van der Waals surface area contributed by atoms with E-state index in [0.717, 1.165) is 25.9 Å². The van der Waals surface area contributed by atoms with Crippen LogP contribution in [-0.4, -0.2) is 41.8 Å².